The number of hydrogen-bond acceptors (Lipinski definition) is 3. The summed E-state index contributed by atoms with van der Waals surface area (Å²) in [5.41, 5.74) is 0. The Morgan fingerprint density at radius 1 is 1.38 bits per heavy atom. The Balaban J connectivity index is 2.40. The molecule has 3 heteroatoms. The summed E-state index contributed by atoms with van der Waals surface area (Å²) in [6.07, 6.45) is 9.83. The molecule has 16 heavy (non-hydrogen) atoms. The van der Waals surface area contributed by atoms with Crippen molar-refractivity contribution in [3.05, 3.63) is 0 Å². The first-order chi connectivity index (χ1) is 7.81. The van der Waals surface area contributed by atoms with Crippen LogP contribution in [0.15, 0.2) is 0 Å². The zero-order valence-electron chi connectivity index (χ0n) is 10.7. The van der Waals surface area contributed by atoms with Gasteiger partial charge in [-0.1, -0.05) is 26.2 Å². The van der Waals surface area contributed by atoms with Crippen molar-refractivity contribution >= 4 is 11.8 Å². The topological polar surface area (TPSA) is 32.3 Å². The molecule has 1 saturated carbocycles. The summed E-state index contributed by atoms with van der Waals surface area (Å²) in [6, 6.07) is 1.19. The number of hydrogen-bond donors (Lipinski definition) is 2. The van der Waals surface area contributed by atoms with E-state index in [-0.39, 0.29) is 0 Å². The predicted octanol–water partition coefficient (Wildman–Crippen LogP) is 2.66. The highest BCUT2D eigenvalue weighted by atomic mass is 32.2. The lowest BCUT2D eigenvalue weighted by Gasteiger charge is -2.34. The van der Waals surface area contributed by atoms with Crippen molar-refractivity contribution in [1.29, 1.82) is 0 Å². The first-order valence-electron chi connectivity index (χ1n) is 6.67. The monoisotopic (exact) mass is 245 g/mol. The molecule has 0 amide bonds. The lowest BCUT2D eigenvalue weighted by molar-refractivity contribution is 0.217. The van der Waals surface area contributed by atoms with Crippen molar-refractivity contribution < 1.29 is 5.11 Å². The molecule has 1 rings (SSSR count). The van der Waals surface area contributed by atoms with Gasteiger partial charge in [-0.25, -0.2) is 0 Å². The lowest BCUT2D eigenvalue weighted by atomic mass is 9.82. The second-order valence-corrected chi connectivity index (χ2v) is 5.80. The second kappa shape index (κ2) is 8.37. The largest absolute Gasteiger partial charge is 0.396 e. The van der Waals surface area contributed by atoms with Gasteiger partial charge in [0.2, 0.25) is 0 Å². The number of aliphatic hydroxyl groups is 1. The molecule has 0 aliphatic heterocycles. The molecule has 3 unspecified atom stereocenters. The molecule has 1 fully saturated rings. The zero-order chi connectivity index (χ0) is 11.8. The summed E-state index contributed by atoms with van der Waals surface area (Å²) in [7, 11) is 0. The summed E-state index contributed by atoms with van der Waals surface area (Å²) < 4.78 is 0. The fraction of sp³-hybridized carbons (Fsp3) is 1.00. The van der Waals surface area contributed by atoms with Crippen LogP contribution in [-0.2, 0) is 0 Å². The van der Waals surface area contributed by atoms with Crippen molar-refractivity contribution in [2.45, 2.75) is 57.5 Å². The van der Waals surface area contributed by atoms with Gasteiger partial charge in [0.15, 0.2) is 0 Å². The van der Waals surface area contributed by atoms with Gasteiger partial charge in [0.1, 0.15) is 0 Å². The first kappa shape index (κ1) is 14.3. The molecular weight excluding hydrogens is 218 g/mol. The van der Waals surface area contributed by atoms with Gasteiger partial charge in [-0.2, -0.15) is 11.8 Å². The predicted molar refractivity (Wildman–Crippen MR) is 73.0 cm³/mol. The summed E-state index contributed by atoms with van der Waals surface area (Å²) in [6.45, 7) is 2.61. The van der Waals surface area contributed by atoms with E-state index in [4.69, 9.17) is 5.11 Å². The van der Waals surface area contributed by atoms with Gasteiger partial charge in [0.25, 0.3) is 0 Å². The third-order valence-corrected chi connectivity index (χ3v) is 4.46. The maximum atomic E-state index is 9.07. The molecule has 0 heterocycles. The number of thioether (sulfide) groups is 1. The van der Waals surface area contributed by atoms with Gasteiger partial charge in [0, 0.05) is 24.4 Å². The molecule has 0 bridgehead atoms. The zero-order valence-corrected chi connectivity index (χ0v) is 11.6. The maximum Gasteiger partial charge on any atom is 0.0446 e. The van der Waals surface area contributed by atoms with Gasteiger partial charge in [-0.05, 0) is 31.4 Å². The highest BCUT2D eigenvalue weighted by Gasteiger charge is 2.25. The van der Waals surface area contributed by atoms with Crippen LogP contribution in [0.5, 0.6) is 0 Å². The number of aliphatic hydroxyl groups excluding tert-OH is 1. The van der Waals surface area contributed by atoms with Crippen LogP contribution in [0, 0.1) is 5.92 Å². The van der Waals surface area contributed by atoms with Gasteiger partial charge >= 0.3 is 0 Å². The SMILES string of the molecule is CCC1CCCCC1NC(CCO)CSC. The maximum absolute atomic E-state index is 9.07. The minimum Gasteiger partial charge on any atom is -0.396 e. The van der Waals surface area contributed by atoms with Crippen LogP contribution in [0.2, 0.25) is 0 Å². The van der Waals surface area contributed by atoms with Crippen LogP contribution in [0.4, 0.5) is 0 Å². The summed E-state index contributed by atoms with van der Waals surface area (Å²) in [5, 5.41) is 12.8. The summed E-state index contributed by atoms with van der Waals surface area (Å²) in [5.74, 6) is 1.98. The normalized spacial score (nSPS) is 27.9. The van der Waals surface area contributed by atoms with E-state index in [1.54, 1.807) is 0 Å². The Labute approximate surface area is 105 Å². The molecule has 0 radical (unpaired) electrons. The molecule has 0 spiro atoms. The molecule has 0 aromatic heterocycles. The fourth-order valence-corrected chi connectivity index (χ4v) is 3.46. The van der Waals surface area contributed by atoms with Gasteiger partial charge in [-0.15, -0.1) is 0 Å². The average Bonchev–Trinajstić information content (AvgIpc) is 2.30. The van der Waals surface area contributed by atoms with Crippen LogP contribution in [-0.4, -0.2) is 35.8 Å². The third kappa shape index (κ3) is 4.64. The summed E-state index contributed by atoms with van der Waals surface area (Å²) >= 11 is 1.87. The van der Waals surface area contributed by atoms with Crippen LogP contribution >= 0.6 is 11.8 Å². The highest BCUT2D eigenvalue weighted by molar-refractivity contribution is 7.98. The van der Waals surface area contributed by atoms with Crippen LogP contribution in [0.3, 0.4) is 0 Å². The first-order valence-corrected chi connectivity index (χ1v) is 8.07. The smallest absolute Gasteiger partial charge is 0.0446 e. The molecule has 96 valence electrons. The number of rotatable bonds is 7. The minimum absolute atomic E-state index is 0.307. The Bertz CT molecular complexity index is 171. The van der Waals surface area contributed by atoms with E-state index in [1.165, 1.54) is 32.1 Å². The van der Waals surface area contributed by atoms with E-state index in [2.05, 4.69) is 18.5 Å². The highest BCUT2D eigenvalue weighted by Crippen LogP contribution is 2.27. The molecular formula is C13H27NOS. The van der Waals surface area contributed by atoms with E-state index in [0.717, 1.165) is 18.1 Å². The second-order valence-electron chi connectivity index (χ2n) is 4.89. The van der Waals surface area contributed by atoms with Crippen LogP contribution in [0.25, 0.3) is 0 Å². The van der Waals surface area contributed by atoms with E-state index in [0.29, 0.717) is 18.7 Å². The Morgan fingerprint density at radius 3 is 2.75 bits per heavy atom. The van der Waals surface area contributed by atoms with Crippen molar-refractivity contribution in [2.75, 3.05) is 18.6 Å². The average molecular weight is 245 g/mol. The standard InChI is InChI=1S/C13H27NOS/c1-3-11-6-4-5-7-13(11)14-12(8-9-15)10-16-2/h11-15H,3-10H2,1-2H3. The molecule has 1 aliphatic carbocycles. The van der Waals surface area contributed by atoms with Gasteiger partial charge < -0.3 is 10.4 Å². The van der Waals surface area contributed by atoms with Crippen molar-refractivity contribution in [3.63, 3.8) is 0 Å². The van der Waals surface area contributed by atoms with E-state index >= 15 is 0 Å². The Morgan fingerprint density at radius 2 is 2.12 bits per heavy atom. The van der Waals surface area contributed by atoms with Crippen LogP contribution < -0.4 is 5.32 Å². The van der Waals surface area contributed by atoms with Crippen LogP contribution in [0.1, 0.15) is 45.4 Å². The molecule has 0 saturated heterocycles. The molecule has 3 atom stereocenters. The Hall–Kier alpha value is 0.270. The van der Waals surface area contributed by atoms with E-state index in [9.17, 15) is 0 Å². The summed E-state index contributed by atoms with van der Waals surface area (Å²) in [4.78, 5) is 0. The molecule has 2 nitrogen and oxygen atoms in total. The Kier molecular flexibility index (Phi) is 7.50. The van der Waals surface area contributed by atoms with E-state index in [1.807, 2.05) is 11.8 Å². The van der Waals surface area contributed by atoms with Gasteiger partial charge in [-0.3, -0.25) is 0 Å². The molecule has 1 aliphatic rings. The minimum atomic E-state index is 0.307. The van der Waals surface area contributed by atoms with Crippen molar-refractivity contribution in [2.24, 2.45) is 5.92 Å². The molecule has 0 aromatic carbocycles. The quantitative estimate of drug-likeness (QED) is 0.723. The lowest BCUT2D eigenvalue weighted by Crippen LogP contribution is -2.45. The van der Waals surface area contributed by atoms with E-state index < -0.39 is 0 Å². The van der Waals surface area contributed by atoms with Crippen molar-refractivity contribution in [1.82, 2.24) is 5.32 Å². The van der Waals surface area contributed by atoms with Crippen molar-refractivity contribution in [3.8, 4) is 0 Å². The molecule has 2 N–H and O–H groups in total. The third-order valence-electron chi connectivity index (χ3n) is 3.73. The fourth-order valence-electron chi connectivity index (χ4n) is 2.79. The van der Waals surface area contributed by atoms with Gasteiger partial charge in [0.05, 0.1) is 0 Å². The number of nitrogens with one attached hydrogen (secondary N) is 1. The molecule has 0 aromatic rings.